The predicted octanol–water partition coefficient (Wildman–Crippen LogP) is 5.38. The van der Waals surface area contributed by atoms with Crippen LogP contribution < -0.4 is 5.32 Å². The van der Waals surface area contributed by atoms with Gasteiger partial charge in [0.1, 0.15) is 0 Å². The summed E-state index contributed by atoms with van der Waals surface area (Å²) >= 11 is 3.56. The Morgan fingerprint density at radius 3 is 2.50 bits per heavy atom. The second kappa shape index (κ2) is 8.71. The Morgan fingerprint density at radius 1 is 1.17 bits per heavy atom. The number of rotatable bonds is 8. The van der Waals surface area contributed by atoms with Gasteiger partial charge in [0, 0.05) is 10.5 Å². The molecule has 0 amide bonds. The quantitative estimate of drug-likeness (QED) is 0.636. The fraction of sp³-hybridized carbons (Fsp3) is 0.625. The van der Waals surface area contributed by atoms with Crippen LogP contribution in [0, 0.1) is 6.92 Å². The average Bonchev–Trinajstić information content (AvgIpc) is 2.37. The Kier molecular flexibility index (Phi) is 7.60. The summed E-state index contributed by atoms with van der Waals surface area (Å²) in [6.45, 7) is 4.42. The van der Waals surface area contributed by atoms with Crippen LogP contribution in [0.1, 0.15) is 62.6 Å². The third-order valence-electron chi connectivity index (χ3n) is 3.53. The highest BCUT2D eigenvalue weighted by Crippen LogP contribution is 2.24. The number of unbranched alkanes of at least 4 members (excludes halogenated alkanes) is 4. The van der Waals surface area contributed by atoms with Crippen LogP contribution in [0.2, 0.25) is 0 Å². The highest BCUT2D eigenvalue weighted by molar-refractivity contribution is 9.10. The van der Waals surface area contributed by atoms with Crippen LogP contribution in [0.3, 0.4) is 0 Å². The van der Waals surface area contributed by atoms with E-state index >= 15 is 0 Å². The van der Waals surface area contributed by atoms with Crippen LogP contribution in [-0.4, -0.2) is 7.05 Å². The number of halogens is 1. The van der Waals surface area contributed by atoms with Crippen LogP contribution in [0.4, 0.5) is 0 Å². The molecule has 18 heavy (non-hydrogen) atoms. The molecule has 0 spiro atoms. The molecule has 0 fully saturated rings. The van der Waals surface area contributed by atoms with Crippen LogP contribution in [0.25, 0.3) is 0 Å². The van der Waals surface area contributed by atoms with Crippen molar-refractivity contribution >= 4 is 15.9 Å². The van der Waals surface area contributed by atoms with Gasteiger partial charge in [-0.15, -0.1) is 0 Å². The number of hydrogen-bond donors (Lipinski definition) is 1. The molecule has 0 aliphatic carbocycles. The Morgan fingerprint density at radius 2 is 1.89 bits per heavy atom. The molecule has 0 aromatic heterocycles. The average molecular weight is 312 g/mol. The maximum atomic E-state index is 3.56. The van der Waals surface area contributed by atoms with Gasteiger partial charge in [0.25, 0.3) is 0 Å². The van der Waals surface area contributed by atoms with Gasteiger partial charge in [-0.1, -0.05) is 67.1 Å². The molecular weight excluding hydrogens is 286 g/mol. The van der Waals surface area contributed by atoms with Crippen molar-refractivity contribution in [1.29, 1.82) is 0 Å². The summed E-state index contributed by atoms with van der Waals surface area (Å²) in [5.41, 5.74) is 2.73. The fourth-order valence-electron chi connectivity index (χ4n) is 2.31. The SMILES string of the molecule is CCCCCCCC(NC)c1ccc(Br)c(C)c1. The smallest absolute Gasteiger partial charge is 0.0317 e. The Hall–Kier alpha value is -0.340. The zero-order valence-corrected chi connectivity index (χ0v) is 13.5. The molecule has 0 aliphatic heterocycles. The zero-order chi connectivity index (χ0) is 13.4. The zero-order valence-electron chi connectivity index (χ0n) is 11.9. The van der Waals surface area contributed by atoms with Gasteiger partial charge < -0.3 is 5.32 Å². The predicted molar refractivity (Wildman–Crippen MR) is 84.1 cm³/mol. The lowest BCUT2D eigenvalue weighted by Gasteiger charge is -2.17. The van der Waals surface area contributed by atoms with Crippen molar-refractivity contribution in [2.45, 2.75) is 58.4 Å². The van der Waals surface area contributed by atoms with Gasteiger partial charge in [0.15, 0.2) is 0 Å². The third-order valence-corrected chi connectivity index (χ3v) is 4.42. The summed E-state index contributed by atoms with van der Waals surface area (Å²) in [7, 11) is 2.06. The minimum atomic E-state index is 0.499. The molecule has 0 saturated carbocycles. The normalized spacial score (nSPS) is 12.7. The van der Waals surface area contributed by atoms with Crippen molar-refractivity contribution in [2.75, 3.05) is 7.05 Å². The molecule has 0 radical (unpaired) electrons. The molecule has 1 rings (SSSR count). The van der Waals surface area contributed by atoms with Crippen molar-refractivity contribution in [2.24, 2.45) is 0 Å². The molecule has 0 saturated heterocycles. The van der Waals surface area contributed by atoms with Crippen LogP contribution >= 0.6 is 15.9 Å². The van der Waals surface area contributed by atoms with E-state index in [9.17, 15) is 0 Å². The second-order valence-electron chi connectivity index (χ2n) is 5.05. The van der Waals surface area contributed by atoms with Crippen molar-refractivity contribution in [3.8, 4) is 0 Å². The highest BCUT2D eigenvalue weighted by atomic mass is 79.9. The molecule has 0 heterocycles. The van der Waals surface area contributed by atoms with E-state index in [4.69, 9.17) is 0 Å². The first-order valence-corrected chi connectivity index (χ1v) is 7.91. The Labute approximate surface area is 120 Å². The number of benzene rings is 1. The topological polar surface area (TPSA) is 12.0 Å². The summed E-state index contributed by atoms with van der Waals surface area (Å²) in [5.74, 6) is 0. The summed E-state index contributed by atoms with van der Waals surface area (Å²) in [6, 6.07) is 7.17. The molecule has 2 heteroatoms. The lowest BCUT2D eigenvalue weighted by atomic mass is 9.98. The molecule has 1 aromatic rings. The standard InChI is InChI=1S/C16H26BrN/c1-4-5-6-7-8-9-16(18-3)14-10-11-15(17)13(2)12-14/h10-12,16,18H,4-9H2,1-3H3. The van der Waals surface area contributed by atoms with Crippen molar-refractivity contribution in [3.05, 3.63) is 33.8 Å². The maximum absolute atomic E-state index is 3.56. The first-order chi connectivity index (χ1) is 8.69. The van der Waals surface area contributed by atoms with E-state index in [-0.39, 0.29) is 0 Å². The van der Waals surface area contributed by atoms with E-state index in [0.717, 1.165) is 0 Å². The van der Waals surface area contributed by atoms with E-state index in [0.29, 0.717) is 6.04 Å². The Bertz CT molecular complexity index is 349. The van der Waals surface area contributed by atoms with Gasteiger partial charge in [-0.2, -0.15) is 0 Å². The molecule has 1 aromatic carbocycles. The van der Waals surface area contributed by atoms with Gasteiger partial charge in [-0.3, -0.25) is 0 Å². The van der Waals surface area contributed by atoms with E-state index in [1.807, 2.05) is 0 Å². The van der Waals surface area contributed by atoms with Crippen molar-refractivity contribution in [1.82, 2.24) is 5.32 Å². The molecule has 102 valence electrons. The van der Waals surface area contributed by atoms with E-state index in [1.165, 1.54) is 54.1 Å². The van der Waals surface area contributed by atoms with Crippen molar-refractivity contribution < 1.29 is 0 Å². The largest absolute Gasteiger partial charge is 0.313 e. The minimum Gasteiger partial charge on any atom is -0.313 e. The number of nitrogens with one attached hydrogen (secondary N) is 1. The maximum Gasteiger partial charge on any atom is 0.0317 e. The van der Waals surface area contributed by atoms with Gasteiger partial charge in [-0.25, -0.2) is 0 Å². The molecule has 1 N–H and O–H groups in total. The summed E-state index contributed by atoms with van der Waals surface area (Å²) in [4.78, 5) is 0. The second-order valence-corrected chi connectivity index (χ2v) is 5.91. The van der Waals surface area contributed by atoms with E-state index in [2.05, 4.69) is 60.3 Å². The van der Waals surface area contributed by atoms with Gasteiger partial charge in [0.2, 0.25) is 0 Å². The molecule has 0 bridgehead atoms. The van der Waals surface area contributed by atoms with Gasteiger partial charge in [-0.05, 0) is 37.6 Å². The molecule has 1 unspecified atom stereocenters. The van der Waals surface area contributed by atoms with E-state index in [1.54, 1.807) is 0 Å². The monoisotopic (exact) mass is 311 g/mol. The summed E-state index contributed by atoms with van der Waals surface area (Å²) in [5, 5.41) is 3.44. The third kappa shape index (κ3) is 5.11. The van der Waals surface area contributed by atoms with Gasteiger partial charge >= 0.3 is 0 Å². The number of aryl methyl sites for hydroxylation is 1. The van der Waals surface area contributed by atoms with E-state index < -0.39 is 0 Å². The molecule has 1 atom stereocenters. The molecule has 1 nitrogen and oxygen atoms in total. The number of hydrogen-bond acceptors (Lipinski definition) is 1. The molecule has 0 aliphatic rings. The first-order valence-electron chi connectivity index (χ1n) is 7.12. The highest BCUT2D eigenvalue weighted by Gasteiger charge is 2.09. The summed E-state index contributed by atoms with van der Waals surface area (Å²) in [6.07, 6.45) is 8.00. The minimum absolute atomic E-state index is 0.499. The molecular formula is C16H26BrN. The van der Waals surface area contributed by atoms with Crippen LogP contribution in [0.15, 0.2) is 22.7 Å². The fourth-order valence-corrected chi connectivity index (χ4v) is 2.56. The van der Waals surface area contributed by atoms with Crippen molar-refractivity contribution in [3.63, 3.8) is 0 Å². The van der Waals surface area contributed by atoms with Crippen LogP contribution in [-0.2, 0) is 0 Å². The summed E-state index contributed by atoms with van der Waals surface area (Å²) < 4.78 is 1.20. The lowest BCUT2D eigenvalue weighted by Crippen LogP contribution is -2.16. The van der Waals surface area contributed by atoms with Gasteiger partial charge in [0.05, 0.1) is 0 Å². The van der Waals surface area contributed by atoms with Crippen LogP contribution in [0.5, 0.6) is 0 Å². The first kappa shape index (κ1) is 15.7. The lowest BCUT2D eigenvalue weighted by molar-refractivity contribution is 0.500. The Balaban J connectivity index is 2.47.